The van der Waals surface area contributed by atoms with Crippen LogP contribution >= 0.6 is 11.6 Å². The summed E-state index contributed by atoms with van der Waals surface area (Å²) in [5.74, 6) is 0.242. The van der Waals surface area contributed by atoms with Crippen LogP contribution in [0, 0.1) is 10.1 Å². The minimum atomic E-state index is -0.543. The number of hydrogen-bond donors (Lipinski definition) is 1. The van der Waals surface area contributed by atoms with E-state index in [1.54, 1.807) is 12.1 Å². The van der Waals surface area contributed by atoms with E-state index in [0.717, 1.165) is 11.1 Å². The second-order valence-electron chi connectivity index (χ2n) is 8.48. The quantitative estimate of drug-likeness (QED) is 0.349. The van der Waals surface area contributed by atoms with Gasteiger partial charge < -0.3 is 5.11 Å². The first-order chi connectivity index (χ1) is 12.3. The Morgan fingerprint density at radius 1 is 0.963 bits per heavy atom. The largest absolute Gasteiger partial charge is 0.507 e. The molecule has 0 atom stereocenters. The molecule has 0 saturated heterocycles. The lowest BCUT2D eigenvalue weighted by atomic mass is 9.79. The second kappa shape index (κ2) is 7.27. The van der Waals surface area contributed by atoms with Gasteiger partial charge in [-0.2, -0.15) is 5.11 Å². The van der Waals surface area contributed by atoms with Gasteiger partial charge in [-0.3, -0.25) is 10.1 Å². The predicted octanol–water partition coefficient (Wildman–Crippen LogP) is 6.96. The number of nitro groups is 1. The molecule has 0 radical (unpaired) electrons. The van der Waals surface area contributed by atoms with E-state index >= 15 is 0 Å². The third kappa shape index (κ3) is 4.83. The standard InChI is InChI=1S/C20H24ClN3O3/c1-19(2,3)14-10-13(11-15(18(14)25)20(4,5)6)22-23-16-8-7-12(21)9-17(16)24(26)27/h7-11,25H,1-6H3. The zero-order valence-corrected chi connectivity index (χ0v) is 17.1. The van der Waals surface area contributed by atoms with E-state index in [1.807, 2.05) is 41.5 Å². The van der Waals surface area contributed by atoms with Gasteiger partial charge in [-0.15, -0.1) is 5.11 Å². The van der Waals surface area contributed by atoms with E-state index in [1.165, 1.54) is 18.2 Å². The molecule has 2 aromatic rings. The number of rotatable bonds is 3. The van der Waals surface area contributed by atoms with Gasteiger partial charge in [0.2, 0.25) is 0 Å². The van der Waals surface area contributed by atoms with Crippen LogP contribution in [0.4, 0.5) is 17.1 Å². The van der Waals surface area contributed by atoms with Gasteiger partial charge in [0.25, 0.3) is 5.69 Å². The molecule has 0 fully saturated rings. The molecule has 0 spiro atoms. The van der Waals surface area contributed by atoms with Gasteiger partial charge in [0, 0.05) is 22.2 Å². The zero-order chi connectivity index (χ0) is 20.6. The average Bonchev–Trinajstić information content (AvgIpc) is 2.52. The van der Waals surface area contributed by atoms with Crippen LogP contribution in [0.5, 0.6) is 5.75 Å². The van der Waals surface area contributed by atoms with Crippen LogP contribution in [0.25, 0.3) is 0 Å². The Labute approximate surface area is 164 Å². The minimum Gasteiger partial charge on any atom is -0.507 e. The fourth-order valence-electron chi connectivity index (χ4n) is 2.66. The van der Waals surface area contributed by atoms with Crippen molar-refractivity contribution in [3.05, 3.63) is 56.6 Å². The van der Waals surface area contributed by atoms with Crippen molar-refractivity contribution in [2.24, 2.45) is 10.2 Å². The molecule has 2 rings (SSSR count). The molecule has 144 valence electrons. The van der Waals surface area contributed by atoms with Gasteiger partial charge in [0.15, 0.2) is 5.69 Å². The third-order valence-corrected chi connectivity index (χ3v) is 4.35. The Bertz CT molecular complexity index is 875. The summed E-state index contributed by atoms with van der Waals surface area (Å²) in [5, 5.41) is 30.5. The lowest BCUT2D eigenvalue weighted by molar-refractivity contribution is -0.384. The molecule has 0 bridgehead atoms. The summed E-state index contributed by atoms with van der Waals surface area (Å²) in [6.45, 7) is 12.0. The summed E-state index contributed by atoms with van der Waals surface area (Å²) >= 11 is 5.83. The van der Waals surface area contributed by atoms with E-state index in [-0.39, 0.29) is 33.0 Å². The maximum absolute atomic E-state index is 11.2. The number of hydrogen-bond acceptors (Lipinski definition) is 5. The lowest BCUT2D eigenvalue weighted by Crippen LogP contribution is -2.16. The number of phenolic OH excluding ortho intramolecular Hbond substituents is 1. The summed E-state index contributed by atoms with van der Waals surface area (Å²) < 4.78 is 0. The number of nitrogens with zero attached hydrogens (tertiary/aromatic N) is 3. The molecule has 0 unspecified atom stereocenters. The van der Waals surface area contributed by atoms with E-state index in [9.17, 15) is 15.2 Å². The van der Waals surface area contributed by atoms with Crippen LogP contribution in [-0.4, -0.2) is 10.0 Å². The van der Waals surface area contributed by atoms with Crippen molar-refractivity contribution >= 4 is 28.7 Å². The highest BCUT2D eigenvalue weighted by Crippen LogP contribution is 2.42. The van der Waals surface area contributed by atoms with Gasteiger partial charge in [0.1, 0.15) is 5.75 Å². The Morgan fingerprint density at radius 3 is 1.93 bits per heavy atom. The molecule has 27 heavy (non-hydrogen) atoms. The van der Waals surface area contributed by atoms with Gasteiger partial charge >= 0.3 is 0 Å². The summed E-state index contributed by atoms with van der Waals surface area (Å²) in [6.07, 6.45) is 0. The molecule has 6 nitrogen and oxygen atoms in total. The Balaban J connectivity index is 2.60. The maximum Gasteiger partial charge on any atom is 0.298 e. The van der Waals surface area contributed by atoms with Gasteiger partial charge in [-0.1, -0.05) is 53.1 Å². The number of azo groups is 1. The van der Waals surface area contributed by atoms with Crippen molar-refractivity contribution in [2.45, 2.75) is 52.4 Å². The molecule has 0 aliphatic rings. The fraction of sp³-hybridized carbons (Fsp3) is 0.400. The van der Waals surface area contributed by atoms with Crippen LogP contribution < -0.4 is 0 Å². The molecule has 0 heterocycles. The van der Waals surface area contributed by atoms with Crippen molar-refractivity contribution in [2.75, 3.05) is 0 Å². The summed E-state index contributed by atoms with van der Waals surface area (Å²) in [6, 6.07) is 7.75. The van der Waals surface area contributed by atoms with Crippen molar-refractivity contribution < 1.29 is 10.0 Å². The molecule has 0 aliphatic heterocycles. The van der Waals surface area contributed by atoms with Gasteiger partial charge in [-0.05, 0) is 35.1 Å². The fourth-order valence-corrected chi connectivity index (χ4v) is 2.83. The number of nitro benzene ring substituents is 1. The first kappa shape index (κ1) is 20.8. The highest BCUT2D eigenvalue weighted by atomic mass is 35.5. The molecule has 1 N–H and O–H groups in total. The summed E-state index contributed by atoms with van der Waals surface area (Å²) in [7, 11) is 0. The molecular formula is C20H24ClN3O3. The highest BCUT2D eigenvalue weighted by Gasteiger charge is 2.26. The summed E-state index contributed by atoms with van der Waals surface area (Å²) in [4.78, 5) is 10.7. The van der Waals surface area contributed by atoms with Crippen molar-refractivity contribution in [1.82, 2.24) is 0 Å². The van der Waals surface area contributed by atoms with Crippen molar-refractivity contribution in [3.8, 4) is 5.75 Å². The SMILES string of the molecule is CC(C)(C)c1cc(N=Nc2ccc(Cl)cc2[N+](=O)[O-])cc(C(C)(C)C)c1O. The summed E-state index contributed by atoms with van der Waals surface area (Å²) in [5.41, 5.74) is 1.31. The topological polar surface area (TPSA) is 88.1 Å². The zero-order valence-electron chi connectivity index (χ0n) is 16.4. The third-order valence-electron chi connectivity index (χ3n) is 4.12. The van der Waals surface area contributed by atoms with E-state index in [0.29, 0.717) is 5.69 Å². The smallest absolute Gasteiger partial charge is 0.298 e. The number of aromatic hydroxyl groups is 1. The Morgan fingerprint density at radius 2 is 1.48 bits per heavy atom. The maximum atomic E-state index is 11.2. The normalized spacial score (nSPS) is 12.6. The number of phenols is 1. The van der Waals surface area contributed by atoms with Crippen LogP contribution in [0.3, 0.4) is 0 Å². The first-order valence-electron chi connectivity index (χ1n) is 8.54. The predicted molar refractivity (Wildman–Crippen MR) is 108 cm³/mol. The van der Waals surface area contributed by atoms with E-state index < -0.39 is 4.92 Å². The van der Waals surface area contributed by atoms with Crippen LogP contribution in [-0.2, 0) is 10.8 Å². The van der Waals surface area contributed by atoms with E-state index in [2.05, 4.69) is 10.2 Å². The highest BCUT2D eigenvalue weighted by molar-refractivity contribution is 6.30. The van der Waals surface area contributed by atoms with Crippen LogP contribution in [0.2, 0.25) is 5.02 Å². The van der Waals surface area contributed by atoms with Gasteiger partial charge in [-0.25, -0.2) is 0 Å². The van der Waals surface area contributed by atoms with Crippen LogP contribution in [0.15, 0.2) is 40.6 Å². The van der Waals surface area contributed by atoms with E-state index in [4.69, 9.17) is 11.6 Å². The molecular weight excluding hydrogens is 366 g/mol. The lowest BCUT2D eigenvalue weighted by Gasteiger charge is -2.27. The van der Waals surface area contributed by atoms with Crippen molar-refractivity contribution in [3.63, 3.8) is 0 Å². The number of halogens is 1. The first-order valence-corrected chi connectivity index (χ1v) is 8.92. The van der Waals surface area contributed by atoms with Crippen molar-refractivity contribution in [1.29, 1.82) is 0 Å². The second-order valence-corrected chi connectivity index (χ2v) is 8.92. The molecule has 2 aromatic carbocycles. The molecule has 0 saturated carbocycles. The van der Waals surface area contributed by atoms with Crippen LogP contribution in [0.1, 0.15) is 52.7 Å². The average molecular weight is 390 g/mol. The number of benzene rings is 2. The molecule has 7 heteroatoms. The Kier molecular flexibility index (Phi) is 5.61. The monoisotopic (exact) mass is 389 g/mol. The minimum absolute atomic E-state index is 0.118. The Hall–Kier alpha value is -2.47. The van der Waals surface area contributed by atoms with Gasteiger partial charge in [0.05, 0.1) is 10.6 Å². The molecule has 0 aliphatic carbocycles. The molecule has 0 amide bonds. The molecule has 0 aromatic heterocycles.